The number of ether oxygens (including phenoxy) is 1. The summed E-state index contributed by atoms with van der Waals surface area (Å²) in [4.78, 5) is 4.20. The van der Waals surface area contributed by atoms with E-state index in [1.807, 2.05) is 37.3 Å². The van der Waals surface area contributed by atoms with Crippen molar-refractivity contribution < 1.29 is 9.84 Å². The zero-order valence-electron chi connectivity index (χ0n) is 9.97. The van der Waals surface area contributed by atoms with E-state index < -0.39 is 0 Å². The van der Waals surface area contributed by atoms with E-state index in [9.17, 15) is 0 Å². The molecule has 1 N–H and O–H groups in total. The van der Waals surface area contributed by atoms with Gasteiger partial charge in [-0.15, -0.1) is 0 Å². The van der Waals surface area contributed by atoms with E-state index in [1.54, 1.807) is 13.3 Å². The van der Waals surface area contributed by atoms with Crippen molar-refractivity contribution in [2.75, 3.05) is 7.11 Å². The minimum Gasteiger partial charge on any atom is -0.481 e. The molecule has 0 radical (unpaired) electrons. The molecule has 0 spiro atoms. The maximum Gasteiger partial charge on any atom is 0.221 e. The van der Waals surface area contributed by atoms with Gasteiger partial charge in [0.1, 0.15) is 0 Å². The number of benzene rings is 1. The molecule has 1 aromatic heterocycles. The molecule has 1 aromatic carbocycles. The Morgan fingerprint density at radius 1 is 1.24 bits per heavy atom. The molecule has 0 saturated heterocycles. The SMILES string of the molecule is COc1ncc(CO)cc1-c1ccccc1C. The molecule has 3 heteroatoms. The molecular formula is C14H15NO2. The molecule has 17 heavy (non-hydrogen) atoms. The molecule has 88 valence electrons. The molecule has 3 nitrogen and oxygen atoms in total. The summed E-state index contributed by atoms with van der Waals surface area (Å²) in [5.41, 5.74) is 3.93. The number of methoxy groups -OCH3 is 1. The highest BCUT2D eigenvalue weighted by atomic mass is 16.5. The summed E-state index contributed by atoms with van der Waals surface area (Å²) in [6, 6.07) is 9.95. The van der Waals surface area contributed by atoms with Gasteiger partial charge in [0.15, 0.2) is 0 Å². The second-order valence-electron chi connectivity index (χ2n) is 3.87. The summed E-state index contributed by atoms with van der Waals surface area (Å²) in [6.07, 6.45) is 1.63. The number of rotatable bonds is 3. The summed E-state index contributed by atoms with van der Waals surface area (Å²) in [5.74, 6) is 0.580. The molecule has 0 unspecified atom stereocenters. The Hall–Kier alpha value is -1.87. The van der Waals surface area contributed by atoms with Crippen LogP contribution in [0.5, 0.6) is 5.88 Å². The fourth-order valence-electron chi connectivity index (χ4n) is 1.81. The van der Waals surface area contributed by atoms with Crippen LogP contribution in [-0.2, 0) is 6.61 Å². The maximum atomic E-state index is 9.16. The smallest absolute Gasteiger partial charge is 0.221 e. The highest BCUT2D eigenvalue weighted by Gasteiger charge is 2.10. The molecule has 0 aliphatic carbocycles. The largest absolute Gasteiger partial charge is 0.481 e. The van der Waals surface area contributed by atoms with Crippen LogP contribution in [0.4, 0.5) is 0 Å². The molecule has 0 fully saturated rings. The molecule has 1 heterocycles. The molecule has 2 rings (SSSR count). The van der Waals surface area contributed by atoms with Gasteiger partial charge in [-0.25, -0.2) is 4.98 Å². The first-order chi connectivity index (χ1) is 8.26. The highest BCUT2D eigenvalue weighted by molar-refractivity contribution is 5.72. The number of aryl methyl sites for hydroxylation is 1. The minimum absolute atomic E-state index is 0.0180. The number of aliphatic hydroxyl groups is 1. The van der Waals surface area contributed by atoms with Crippen LogP contribution in [0.2, 0.25) is 0 Å². The number of hydrogen-bond donors (Lipinski definition) is 1. The van der Waals surface area contributed by atoms with Crippen LogP contribution in [0.25, 0.3) is 11.1 Å². The van der Waals surface area contributed by atoms with Gasteiger partial charge >= 0.3 is 0 Å². The Bertz CT molecular complexity index is 523. The molecule has 0 amide bonds. The first-order valence-corrected chi connectivity index (χ1v) is 5.46. The van der Waals surface area contributed by atoms with Crippen molar-refractivity contribution in [3.8, 4) is 17.0 Å². The van der Waals surface area contributed by atoms with Crippen molar-refractivity contribution in [3.05, 3.63) is 47.7 Å². The number of pyridine rings is 1. The molecule has 0 saturated carbocycles. The van der Waals surface area contributed by atoms with Crippen LogP contribution in [-0.4, -0.2) is 17.2 Å². The van der Waals surface area contributed by atoms with Crippen molar-refractivity contribution in [2.24, 2.45) is 0 Å². The normalized spacial score (nSPS) is 10.3. The quantitative estimate of drug-likeness (QED) is 0.879. The van der Waals surface area contributed by atoms with Crippen LogP contribution in [0, 0.1) is 6.92 Å². The number of aromatic nitrogens is 1. The van der Waals surface area contributed by atoms with Crippen LogP contribution in [0.15, 0.2) is 36.5 Å². The molecule has 0 bridgehead atoms. The van der Waals surface area contributed by atoms with Crippen molar-refractivity contribution in [3.63, 3.8) is 0 Å². The summed E-state index contributed by atoms with van der Waals surface area (Å²) in [5, 5.41) is 9.16. The molecule has 2 aromatic rings. The van der Waals surface area contributed by atoms with Gasteiger partial charge in [0, 0.05) is 11.8 Å². The second-order valence-corrected chi connectivity index (χ2v) is 3.87. The third kappa shape index (κ3) is 2.29. The van der Waals surface area contributed by atoms with Crippen LogP contribution in [0.1, 0.15) is 11.1 Å². The third-order valence-corrected chi connectivity index (χ3v) is 2.72. The average Bonchev–Trinajstić information content (AvgIpc) is 2.38. The lowest BCUT2D eigenvalue weighted by atomic mass is 10.0. The van der Waals surface area contributed by atoms with Crippen LogP contribution in [0.3, 0.4) is 0 Å². The Labute approximate surface area is 101 Å². The zero-order chi connectivity index (χ0) is 12.3. The van der Waals surface area contributed by atoms with E-state index in [1.165, 1.54) is 0 Å². The monoisotopic (exact) mass is 229 g/mol. The minimum atomic E-state index is -0.0180. The van der Waals surface area contributed by atoms with Gasteiger partial charge in [-0.2, -0.15) is 0 Å². The topological polar surface area (TPSA) is 42.4 Å². The van der Waals surface area contributed by atoms with Crippen LogP contribution < -0.4 is 4.74 Å². The lowest BCUT2D eigenvalue weighted by Gasteiger charge is -2.11. The van der Waals surface area contributed by atoms with E-state index in [4.69, 9.17) is 9.84 Å². The summed E-state index contributed by atoms with van der Waals surface area (Å²) in [7, 11) is 1.60. The van der Waals surface area contributed by atoms with Gasteiger partial charge in [-0.1, -0.05) is 24.3 Å². The Kier molecular flexibility index (Phi) is 3.40. The van der Waals surface area contributed by atoms with Crippen molar-refractivity contribution in [1.29, 1.82) is 0 Å². The third-order valence-electron chi connectivity index (χ3n) is 2.72. The van der Waals surface area contributed by atoms with Gasteiger partial charge in [0.25, 0.3) is 0 Å². The Morgan fingerprint density at radius 2 is 2.00 bits per heavy atom. The number of aliphatic hydroxyl groups excluding tert-OH is 1. The summed E-state index contributed by atoms with van der Waals surface area (Å²) < 4.78 is 5.26. The Morgan fingerprint density at radius 3 is 2.65 bits per heavy atom. The second kappa shape index (κ2) is 4.97. The van der Waals surface area contributed by atoms with Crippen molar-refractivity contribution >= 4 is 0 Å². The fraction of sp³-hybridized carbons (Fsp3) is 0.214. The van der Waals surface area contributed by atoms with Crippen LogP contribution >= 0.6 is 0 Å². The van der Waals surface area contributed by atoms with E-state index in [2.05, 4.69) is 4.98 Å². The van der Waals surface area contributed by atoms with Crippen molar-refractivity contribution in [2.45, 2.75) is 13.5 Å². The van der Waals surface area contributed by atoms with Gasteiger partial charge in [-0.05, 0) is 29.7 Å². The van der Waals surface area contributed by atoms with E-state index in [0.717, 1.165) is 22.3 Å². The molecule has 0 atom stereocenters. The van der Waals surface area contributed by atoms with Gasteiger partial charge in [0.05, 0.1) is 13.7 Å². The maximum absolute atomic E-state index is 9.16. The van der Waals surface area contributed by atoms with E-state index in [0.29, 0.717) is 5.88 Å². The summed E-state index contributed by atoms with van der Waals surface area (Å²) >= 11 is 0. The van der Waals surface area contributed by atoms with Gasteiger partial charge in [-0.3, -0.25) is 0 Å². The molecule has 0 aliphatic rings. The predicted octanol–water partition coefficient (Wildman–Crippen LogP) is 2.56. The molecule has 0 aliphatic heterocycles. The summed E-state index contributed by atoms with van der Waals surface area (Å²) in [6.45, 7) is 2.02. The first-order valence-electron chi connectivity index (χ1n) is 5.46. The average molecular weight is 229 g/mol. The first kappa shape index (κ1) is 11.6. The Balaban J connectivity index is 2.60. The lowest BCUT2D eigenvalue weighted by Crippen LogP contribution is -1.95. The zero-order valence-corrected chi connectivity index (χ0v) is 9.97. The molecular weight excluding hydrogens is 214 g/mol. The van der Waals surface area contributed by atoms with E-state index in [-0.39, 0.29) is 6.61 Å². The van der Waals surface area contributed by atoms with Gasteiger partial charge < -0.3 is 9.84 Å². The predicted molar refractivity (Wildman–Crippen MR) is 66.9 cm³/mol. The number of nitrogens with zero attached hydrogens (tertiary/aromatic N) is 1. The lowest BCUT2D eigenvalue weighted by molar-refractivity contribution is 0.281. The van der Waals surface area contributed by atoms with Crippen molar-refractivity contribution in [1.82, 2.24) is 4.98 Å². The fourth-order valence-corrected chi connectivity index (χ4v) is 1.81. The number of hydrogen-bond acceptors (Lipinski definition) is 3. The standard InChI is InChI=1S/C14H15NO2/c1-10-5-3-4-6-12(10)13-7-11(9-16)8-15-14(13)17-2/h3-8,16H,9H2,1-2H3. The highest BCUT2D eigenvalue weighted by Crippen LogP contribution is 2.30. The van der Waals surface area contributed by atoms with E-state index >= 15 is 0 Å². The van der Waals surface area contributed by atoms with Gasteiger partial charge in [0.2, 0.25) is 5.88 Å².